The molecule has 2 aromatic carbocycles. The van der Waals surface area contributed by atoms with Crippen LogP contribution in [0.4, 0.5) is 5.82 Å². The largest absolute Gasteiger partial charge is 0.351 e. The van der Waals surface area contributed by atoms with Crippen LogP contribution in [-0.2, 0) is 0 Å². The first-order chi connectivity index (χ1) is 11.7. The minimum absolute atomic E-state index is 0.249. The molecule has 6 heteroatoms. The Morgan fingerprint density at radius 3 is 2.75 bits per heavy atom. The number of para-hydroxylation sites is 1. The summed E-state index contributed by atoms with van der Waals surface area (Å²) in [5, 5.41) is 8.68. The molecule has 0 fully saturated rings. The molecule has 0 atom stereocenters. The molecule has 4 rings (SSSR count). The summed E-state index contributed by atoms with van der Waals surface area (Å²) in [6.07, 6.45) is 1.80. The maximum atomic E-state index is 12.4. The Bertz CT molecular complexity index is 1020. The number of rotatable bonds is 3. The second kappa shape index (κ2) is 5.86. The van der Waals surface area contributed by atoms with E-state index in [4.69, 9.17) is 11.6 Å². The fourth-order valence-corrected chi connectivity index (χ4v) is 2.71. The Morgan fingerprint density at radius 1 is 1.08 bits per heavy atom. The van der Waals surface area contributed by atoms with Gasteiger partial charge in [-0.15, -0.1) is 0 Å². The number of fused-ring (bicyclic) bond motifs is 1. The van der Waals surface area contributed by atoms with Gasteiger partial charge >= 0.3 is 0 Å². The number of halogens is 1. The van der Waals surface area contributed by atoms with Gasteiger partial charge in [0, 0.05) is 28.2 Å². The van der Waals surface area contributed by atoms with Crippen molar-refractivity contribution in [2.24, 2.45) is 0 Å². The number of carbonyl (C=O) groups is 1. The van der Waals surface area contributed by atoms with Crippen LogP contribution in [0.2, 0.25) is 5.02 Å². The Hall–Kier alpha value is -3.05. The van der Waals surface area contributed by atoms with Gasteiger partial charge in [-0.3, -0.25) is 4.79 Å². The number of hydrogen-bond acceptors (Lipinski definition) is 2. The molecule has 0 bridgehead atoms. The van der Waals surface area contributed by atoms with Crippen molar-refractivity contribution in [3.05, 3.63) is 77.6 Å². The first-order valence-corrected chi connectivity index (χ1v) is 7.77. The van der Waals surface area contributed by atoms with E-state index in [1.807, 2.05) is 42.5 Å². The Labute approximate surface area is 142 Å². The highest BCUT2D eigenvalue weighted by Gasteiger charge is 2.11. The Morgan fingerprint density at radius 2 is 1.92 bits per heavy atom. The monoisotopic (exact) mass is 336 g/mol. The quantitative estimate of drug-likeness (QED) is 0.587. The van der Waals surface area contributed by atoms with Crippen LogP contribution in [0, 0.1) is 0 Å². The van der Waals surface area contributed by atoms with Gasteiger partial charge in [-0.1, -0.05) is 29.8 Å². The molecular formula is C18H13ClN4O. The zero-order valence-electron chi connectivity index (χ0n) is 12.5. The standard InChI is InChI=1S/C18H13ClN4O/c19-13-6-7-15-12(10-13)11-16(20-15)18(24)21-17-8-9-23(22-17)14-4-2-1-3-5-14/h1-11,20H,(H,21,22,24). The first-order valence-electron chi connectivity index (χ1n) is 7.40. The summed E-state index contributed by atoms with van der Waals surface area (Å²) in [4.78, 5) is 15.5. The lowest BCUT2D eigenvalue weighted by atomic mass is 10.2. The molecule has 0 spiro atoms. The molecule has 0 saturated heterocycles. The van der Waals surface area contributed by atoms with Gasteiger partial charge < -0.3 is 10.3 Å². The van der Waals surface area contributed by atoms with E-state index in [9.17, 15) is 4.79 Å². The fraction of sp³-hybridized carbons (Fsp3) is 0. The van der Waals surface area contributed by atoms with Crippen LogP contribution in [-0.4, -0.2) is 20.7 Å². The molecule has 2 aromatic heterocycles. The summed E-state index contributed by atoms with van der Waals surface area (Å²) in [6.45, 7) is 0. The van der Waals surface area contributed by atoms with Gasteiger partial charge in [-0.25, -0.2) is 4.68 Å². The van der Waals surface area contributed by atoms with E-state index in [0.29, 0.717) is 16.5 Å². The minimum Gasteiger partial charge on any atom is -0.351 e. The molecule has 2 N–H and O–H groups in total. The predicted molar refractivity (Wildman–Crippen MR) is 94.8 cm³/mol. The molecule has 0 saturated carbocycles. The highest BCUT2D eigenvalue weighted by Crippen LogP contribution is 2.20. The average Bonchev–Trinajstić information content (AvgIpc) is 3.22. The Kier molecular flexibility index (Phi) is 3.55. The van der Waals surface area contributed by atoms with Gasteiger partial charge in [0.05, 0.1) is 5.69 Å². The number of H-pyrrole nitrogens is 1. The molecular weight excluding hydrogens is 324 g/mol. The maximum absolute atomic E-state index is 12.4. The maximum Gasteiger partial charge on any atom is 0.273 e. The lowest BCUT2D eigenvalue weighted by Gasteiger charge is -2.01. The van der Waals surface area contributed by atoms with Crippen molar-refractivity contribution in [1.29, 1.82) is 0 Å². The lowest BCUT2D eigenvalue weighted by Crippen LogP contribution is -2.12. The molecule has 2 heterocycles. The molecule has 24 heavy (non-hydrogen) atoms. The molecule has 0 unspecified atom stereocenters. The molecule has 118 valence electrons. The van der Waals surface area contributed by atoms with Crippen LogP contribution in [0.25, 0.3) is 16.6 Å². The van der Waals surface area contributed by atoms with Crippen LogP contribution >= 0.6 is 11.6 Å². The van der Waals surface area contributed by atoms with Gasteiger partial charge in [0.2, 0.25) is 0 Å². The van der Waals surface area contributed by atoms with Crippen molar-refractivity contribution in [3.63, 3.8) is 0 Å². The number of nitrogens with one attached hydrogen (secondary N) is 2. The van der Waals surface area contributed by atoms with Crippen molar-refractivity contribution in [2.45, 2.75) is 0 Å². The van der Waals surface area contributed by atoms with Crippen molar-refractivity contribution in [1.82, 2.24) is 14.8 Å². The second-order valence-corrected chi connectivity index (χ2v) is 5.79. The van der Waals surface area contributed by atoms with Crippen LogP contribution < -0.4 is 5.32 Å². The lowest BCUT2D eigenvalue weighted by molar-refractivity contribution is 0.102. The number of nitrogens with zero attached hydrogens (tertiary/aromatic N) is 2. The van der Waals surface area contributed by atoms with Crippen LogP contribution in [0.5, 0.6) is 0 Å². The number of aromatic nitrogens is 3. The number of carbonyl (C=O) groups excluding carboxylic acids is 1. The SMILES string of the molecule is O=C(Nc1ccn(-c2ccccc2)n1)c1cc2cc(Cl)ccc2[nH]1. The van der Waals surface area contributed by atoms with Gasteiger partial charge in [0.25, 0.3) is 5.91 Å². The van der Waals surface area contributed by atoms with Crippen molar-refractivity contribution in [2.75, 3.05) is 5.32 Å². The van der Waals surface area contributed by atoms with E-state index in [0.717, 1.165) is 16.6 Å². The normalized spacial score (nSPS) is 10.9. The summed E-state index contributed by atoms with van der Waals surface area (Å²) >= 11 is 5.97. The summed E-state index contributed by atoms with van der Waals surface area (Å²) < 4.78 is 1.71. The average molecular weight is 337 g/mol. The summed E-state index contributed by atoms with van der Waals surface area (Å²) in [5.74, 6) is 0.237. The zero-order chi connectivity index (χ0) is 16.5. The summed E-state index contributed by atoms with van der Waals surface area (Å²) in [5.41, 5.74) is 2.25. The van der Waals surface area contributed by atoms with E-state index >= 15 is 0 Å². The third kappa shape index (κ3) is 2.77. The molecule has 0 radical (unpaired) electrons. The van der Waals surface area contributed by atoms with Crippen molar-refractivity contribution in [3.8, 4) is 5.69 Å². The zero-order valence-corrected chi connectivity index (χ0v) is 13.3. The Balaban J connectivity index is 1.56. The highest BCUT2D eigenvalue weighted by molar-refractivity contribution is 6.31. The van der Waals surface area contributed by atoms with E-state index in [2.05, 4.69) is 15.4 Å². The fourth-order valence-electron chi connectivity index (χ4n) is 2.52. The molecule has 0 aliphatic heterocycles. The third-order valence-electron chi connectivity index (χ3n) is 3.68. The minimum atomic E-state index is -0.249. The van der Waals surface area contributed by atoms with Gasteiger partial charge in [0.15, 0.2) is 5.82 Å². The van der Waals surface area contributed by atoms with Gasteiger partial charge in [-0.2, -0.15) is 5.10 Å². The van der Waals surface area contributed by atoms with Gasteiger partial charge in [-0.05, 0) is 36.4 Å². The smallest absolute Gasteiger partial charge is 0.273 e. The molecule has 0 aliphatic carbocycles. The molecule has 1 amide bonds. The topological polar surface area (TPSA) is 62.7 Å². The molecule has 4 aromatic rings. The number of benzene rings is 2. The van der Waals surface area contributed by atoms with E-state index < -0.39 is 0 Å². The second-order valence-electron chi connectivity index (χ2n) is 5.35. The van der Waals surface area contributed by atoms with Crippen LogP contribution in [0.1, 0.15) is 10.5 Å². The summed E-state index contributed by atoms with van der Waals surface area (Å²) in [6, 6.07) is 18.7. The van der Waals surface area contributed by atoms with Gasteiger partial charge in [0.1, 0.15) is 5.69 Å². The van der Waals surface area contributed by atoms with E-state index in [1.165, 1.54) is 0 Å². The number of amides is 1. The third-order valence-corrected chi connectivity index (χ3v) is 3.91. The van der Waals surface area contributed by atoms with Crippen LogP contribution in [0.15, 0.2) is 66.9 Å². The van der Waals surface area contributed by atoms with Crippen molar-refractivity contribution >= 4 is 34.2 Å². The van der Waals surface area contributed by atoms with E-state index in [1.54, 1.807) is 29.1 Å². The van der Waals surface area contributed by atoms with Crippen molar-refractivity contribution < 1.29 is 4.79 Å². The molecule has 5 nitrogen and oxygen atoms in total. The first kappa shape index (κ1) is 14.5. The van der Waals surface area contributed by atoms with E-state index in [-0.39, 0.29) is 5.91 Å². The predicted octanol–water partition coefficient (Wildman–Crippen LogP) is 4.26. The van der Waals surface area contributed by atoms with Crippen LogP contribution in [0.3, 0.4) is 0 Å². The molecule has 0 aliphatic rings. The highest BCUT2D eigenvalue weighted by atomic mass is 35.5. The summed E-state index contributed by atoms with van der Waals surface area (Å²) in [7, 11) is 0. The number of anilines is 1. The number of aromatic amines is 1. The number of hydrogen-bond donors (Lipinski definition) is 2.